The van der Waals surface area contributed by atoms with Crippen LogP contribution in [0.15, 0.2) is 71.9 Å². The first-order chi connectivity index (χ1) is 11.1. The molecule has 0 amide bonds. The number of aromatic nitrogens is 1. The minimum Gasteiger partial charge on any atom is -0.264 e. The van der Waals surface area contributed by atoms with Gasteiger partial charge in [-0.3, -0.25) is 4.98 Å². The maximum absolute atomic E-state index is 12.6. The van der Waals surface area contributed by atoms with Gasteiger partial charge in [-0.25, -0.2) is 13.1 Å². The van der Waals surface area contributed by atoms with E-state index in [0.717, 1.165) is 10.9 Å². The molecule has 3 aromatic rings. The number of nitrogens with zero attached hydrogens (tertiary/aromatic N) is 1. The first kappa shape index (κ1) is 15.5. The Kier molecular flexibility index (Phi) is 4.32. The Bertz CT molecular complexity index is 903. The van der Waals surface area contributed by atoms with Crippen LogP contribution in [0, 0.1) is 6.92 Å². The fourth-order valence-corrected chi connectivity index (χ4v) is 3.77. The third-order valence-corrected chi connectivity index (χ3v) is 5.20. The van der Waals surface area contributed by atoms with Crippen molar-refractivity contribution in [3.63, 3.8) is 0 Å². The van der Waals surface area contributed by atoms with E-state index in [2.05, 4.69) is 16.6 Å². The van der Waals surface area contributed by atoms with Gasteiger partial charge in [0.05, 0.1) is 18.4 Å². The summed E-state index contributed by atoms with van der Waals surface area (Å²) in [6.07, 6.45) is 3.25. The summed E-state index contributed by atoms with van der Waals surface area (Å²) in [5.41, 5.74) is 0.998. The molecule has 1 atom stereocenters. The summed E-state index contributed by atoms with van der Waals surface area (Å²) >= 11 is 0. The average Bonchev–Trinajstić information content (AvgIpc) is 2.60. The van der Waals surface area contributed by atoms with Gasteiger partial charge in [-0.15, -0.1) is 0 Å². The molecule has 0 spiro atoms. The van der Waals surface area contributed by atoms with E-state index in [1.807, 2.05) is 36.4 Å². The molecular formula is C18H17N2O2S+. The SMILES string of the molecule is [CH2+]C(CNS(=O)(=O)c1cccc2cnccc12)c1ccccc1. The van der Waals surface area contributed by atoms with Gasteiger partial charge in [-0.1, -0.05) is 42.5 Å². The number of hydrogen-bond donors (Lipinski definition) is 1. The van der Waals surface area contributed by atoms with Gasteiger partial charge < -0.3 is 0 Å². The first-order valence-electron chi connectivity index (χ1n) is 7.28. The third-order valence-electron chi connectivity index (χ3n) is 3.72. The highest BCUT2D eigenvalue weighted by molar-refractivity contribution is 7.89. The van der Waals surface area contributed by atoms with Crippen molar-refractivity contribution in [2.24, 2.45) is 0 Å². The first-order valence-corrected chi connectivity index (χ1v) is 8.77. The van der Waals surface area contributed by atoms with E-state index in [0.29, 0.717) is 5.39 Å². The zero-order valence-electron chi connectivity index (χ0n) is 12.5. The second-order valence-corrected chi connectivity index (χ2v) is 7.05. The number of benzene rings is 2. The molecule has 1 aromatic heterocycles. The van der Waals surface area contributed by atoms with Crippen molar-refractivity contribution < 1.29 is 8.42 Å². The van der Waals surface area contributed by atoms with E-state index in [4.69, 9.17) is 0 Å². The third kappa shape index (κ3) is 3.36. The lowest BCUT2D eigenvalue weighted by atomic mass is 10.0. The highest BCUT2D eigenvalue weighted by Gasteiger charge is 2.20. The molecule has 5 heteroatoms. The summed E-state index contributed by atoms with van der Waals surface area (Å²) in [5.74, 6) is -0.150. The number of sulfonamides is 1. The monoisotopic (exact) mass is 325 g/mol. The molecule has 2 aromatic carbocycles. The van der Waals surface area contributed by atoms with Crippen LogP contribution >= 0.6 is 0 Å². The van der Waals surface area contributed by atoms with Crippen LogP contribution in [0.3, 0.4) is 0 Å². The fourth-order valence-electron chi connectivity index (χ4n) is 2.46. The highest BCUT2D eigenvalue weighted by atomic mass is 32.2. The second kappa shape index (κ2) is 6.40. The summed E-state index contributed by atoms with van der Waals surface area (Å²) in [4.78, 5) is 4.29. The molecule has 23 heavy (non-hydrogen) atoms. The molecule has 0 saturated heterocycles. The summed E-state index contributed by atoms with van der Waals surface area (Å²) in [7, 11) is -3.61. The molecule has 0 aliphatic carbocycles. The number of rotatable bonds is 5. The summed E-state index contributed by atoms with van der Waals surface area (Å²) in [6.45, 7) is 4.27. The van der Waals surface area contributed by atoms with Crippen LogP contribution in [0.2, 0.25) is 0 Å². The molecule has 3 rings (SSSR count). The van der Waals surface area contributed by atoms with Gasteiger partial charge in [-0.05, 0) is 12.1 Å². The molecule has 0 aliphatic rings. The zero-order valence-corrected chi connectivity index (χ0v) is 13.3. The van der Waals surface area contributed by atoms with Crippen molar-refractivity contribution in [1.82, 2.24) is 9.71 Å². The Hall–Kier alpha value is -2.37. The van der Waals surface area contributed by atoms with Gasteiger partial charge in [-0.2, -0.15) is 0 Å². The Labute approximate surface area is 136 Å². The lowest BCUT2D eigenvalue weighted by Crippen LogP contribution is -2.28. The van der Waals surface area contributed by atoms with Gasteiger partial charge in [0.1, 0.15) is 5.92 Å². The molecule has 116 valence electrons. The lowest BCUT2D eigenvalue weighted by molar-refractivity contribution is 0.579. The van der Waals surface area contributed by atoms with Gasteiger partial charge in [0.25, 0.3) is 0 Å². The van der Waals surface area contributed by atoms with E-state index in [9.17, 15) is 8.42 Å². The van der Waals surface area contributed by atoms with Crippen molar-refractivity contribution in [3.05, 3.63) is 79.5 Å². The Balaban J connectivity index is 1.84. The van der Waals surface area contributed by atoms with Gasteiger partial charge in [0, 0.05) is 28.7 Å². The molecule has 0 bridgehead atoms. The predicted octanol–water partition coefficient (Wildman–Crippen LogP) is 3.13. The molecule has 0 radical (unpaired) electrons. The Morgan fingerprint density at radius 2 is 1.83 bits per heavy atom. The van der Waals surface area contributed by atoms with Gasteiger partial charge >= 0.3 is 0 Å². The molecule has 4 nitrogen and oxygen atoms in total. The van der Waals surface area contributed by atoms with Crippen molar-refractivity contribution in [3.8, 4) is 0 Å². The van der Waals surface area contributed by atoms with Gasteiger partial charge in [0.15, 0.2) is 0 Å². The molecule has 1 unspecified atom stereocenters. The van der Waals surface area contributed by atoms with Crippen LogP contribution in [0.1, 0.15) is 11.5 Å². The van der Waals surface area contributed by atoms with Crippen LogP contribution in [0.4, 0.5) is 0 Å². The molecule has 0 fully saturated rings. The summed E-state index contributed by atoms with van der Waals surface area (Å²) in [5, 5.41) is 1.46. The zero-order chi connectivity index (χ0) is 16.3. The molecular weight excluding hydrogens is 308 g/mol. The van der Waals surface area contributed by atoms with E-state index in [1.165, 1.54) is 0 Å². The normalized spacial score (nSPS) is 13.0. The standard InChI is InChI=1S/C18H17N2O2S/c1-14(15-6-3-2-4-7-15)12-20-23(21,22)18-9-5-8-16-13-19-11-10-17(16)18/h2-11,13-14,20H,1,12H2/q+1. The summed E-state index contributed by atoms with van der Waals surface area (Å²) in [6, 6.07) is 16.5. The Morgan fingerprint density at radius 1 is 1.04 bits per heavy atom. The number of pyridine rings is 1. The molecule has 0 aliphatic heterocycles. The van der Waals surface area contributed by atoms with Crippen molar-refractivity contribution in [1.29, 1.82) is 0 Å². The van der Waals surface area contributed by atoms with E-state index < -0.39 is 10.0 Å². The van der Waals surface area contributed by atoms with Crippen molar-refractivity contribution in [2.75, 3.05) is 6.54 Å². The maximum atomic E-state index is 12.6. The van der Waals surface area contributed by atoms with Crippen molar-refractivity contribution >= 4 is 20.8 Å². The van der Waals surface area contributed by atoms with Crippen LogP contribution in [-0.4, -0.2) is 19.9 Å². The number of hydrogen-bond acceptors (Lipinski definition) is 3. The highest BCUT2D eigenvalue weighted by Crippen LogP contribution is 2.22. The smallest absolute Gasteiger partial charge is 0.241 e. The molecule has 1 N–H and O–H groups in total. The van der Waals surface area contributed by atoms with Crippen LogP contribution in [0.25, 0.3) is 10.8 Å². The van der Waals surface area contributed by atoms with Crippen LogP contribution < -0.4 is 4.72 Å². The topological polar surface area (TPSA) is 59.1 Å². The van der Waals surface area contributed by atoms with Crippen molar-refractivity contribution in [2.45, 2.75) is 10.8 Å². The fraction of sp³-hybridized carbons (Fsp3) is 0.111. The predicted molar refractivity (Wildman–Crippen MR) is 91.5 cm³/mol. The van der Waals surface area contributed by atoms with E-state index >= 15 is 0 Å². The van der Waals surface area contributed by atoms with Crippen LogP contribution in [0.5, 0.6) is 0 Å². The van der Waals surface area contributed by atoms with E-state index in [-0.39, 0.29) is 17.4 Å². The second-order valence-electron chi connectivity index (χ2n) is 5.31. The maximum Gasteiger partial charge on any atom is 0.241 e. The largest absolute Gasteiger partial charge is 0.264 e. The summed E-state index contributed by atoms with van der Waals surface area (Å²) < 4.78 is 27.9. The van der Waals surface area contributed by atoms with Crippen LogP contribution in [-0.2, 0) is 10.0 Å². The minimum absolute atomic E-state index is 0.150. The van der Waals surface area contributed by atoms with Gasteiger partial charge in [0.2, 0.25) is 10.0 Å². The molecule has 1 heterocycles. The number of fused-ring (bicyclic) bond motifs is 1. The lowest BCUT2D eigenvalue weighted by Gasteiger charge is -2.11. The van der Waals surface area contributed by atoms with E-state index in [1.54, 1.807) is 30.6 Å². The average molecular weight is 325 g/mol. The quantitative estimate of drug-likeness (QED) is 0.733. The molecule has 0 saturated carbocycles. The Morgan fingerprint density at radius 3 is 2.61 bits per heavy atom. The minimum atomic E-state index is -3.61. The number of nitrogens with one attached hydrogen (secondary N) is 1.